The highest BCUT2D eigenvalue weighted by molar-refractivity contribution is 7.13. The summed E-state index contributed by atoms with van der Waals surface area (Å²) in [6.45, 7) is 0.992. The summed E-state index contributed by atoms with van der Waals surface area (Å²) in [5.41, 5.74) is 1.23. The van der Waals surface area contributed by atoms with E-state index >= 15 is 0 Å². The van der Waals surface area contributed by atoms with Crippen molar-refractivity contribution in [2.45, 2.75) is 12.8 Å². The van der Waals surface area contributed by atoms with Gasteiger partial charge in [0, 0.05) is 24.0 Å². The Morgan fingerprint density at radius 3 is 2.78 bits per heavy atom. The molecule has 2 aliphatic heterocycles. The molecule has 0 unspecified atom stereocenters. The van der Waals surface area contributed by atoms with Crippen molar-refractivity contribution in [1.82, 2.24) is 9.88 Å². The van der Waals surface area contributed by atoms with Gasteiger partial charge in [-0.15, -0.1) is 11.3 Å². The number of thiazole rings is 1. The molecule has 1 amide bonds. The molecular weight excluding hydrogens is 368 g/mol. The summed E-state index contributed by atoms with van der Waals surface area (Å²) in [6, 6.07) is 5.58. The molecular formula is C19H18N2O5S. The van der Waals surface area contributed by atoms with Crippen LogP contribution in [0.15, 0.2) is 23.6 Å². The summed E-state index contributed by atoms with van der Waals surface area (Å²) in [4.78, 5) is 30.6. The molecule has 2 atom stereocenters. The minimum atomic E-state index is -0.804. The average Bonchev–Trinajstić information content (AvgIpc) is 3.10. The van der Waals surface area contributed by atoms with Crippen LogP contribution in [0.25, 0.3) is 10.6 Å². The number of aliphatic carboxylic acids is 1. The molecule has 8 heteroatoms. The first kappa shape index (κ1) is 16.6. The van der Waals surface area contributed by atoms with Crippen LogP contribution < -0.4 is 9.47 Å². The highest BCUT2D eigenvalue weighted by Gasteiger charge is 2.47. The van der Waals surface area contributed by atoms with Crippen LogP contribution in [-0.2, 0) is 4.79 Å². The Labute approximate surface area is 159 Å². The number of amides is 1. The molecule has 1 N–H and O–H groups in total. The quantitative estimate of drug-likeness (QED) is 0.869. The molecule has 2 aromatic rings. The van der Waals surface area contributed by atoms with Gasteiger partial charge in [-0.2, -0.15) is 0 Å². The van der Waals surface area contributed by atoms with Gasteiger partial charge >= 0.3 is 5.97 Å². The zero-order valence-corrected chi connectivity index (χ0v) is 15.3. The third kappa shape index (κ3) is 2.93. The predicted octanol–water partition coefficient (Wildman–Crippen LogP) is 2.72. The molecule has 27 heavy (non-hydrogen) atoms. The SMILES string of the molecule is O=C(O)[C@H]1CN(C(=O)c2csc(-c3ccc4c(c3)OCO4)n2)C[C@@H]1C1CC1. The van der Waals surface area contributed by atoms with Crippen molar-refractivity contribution in [3.63, 3.8) is 0 Å². The monoisotopic (exact) mass is 386 g/mol. The summed E-state index contributed by atoms with van der Waals surface area (Å²) < 4.78 is 10.7. The summed E-state index contributed by atoms with van der Waals surface area (Å²) in [6.07, 6.45) is 2.14. The summed E-state index contributed by atoms with van der Waals surface area (Å²) in [7, 11) is 0. The van der Waals surface area contributed by atoms with Crippen molar-refractivity contribution < 1.29 is 24.2 Å². The van der Waals surface area contributed by atoms with Crippen LogP contribution >= 0.6 is 11.3 Å². The first-order valence-corrected chi connectivity index (χ1v) is 9.86. The Balaban J connectivity index is 1.35. The van der Waals surface area contributed by atoms with Crippen molar-refractivity contribution in [1.29, 1.82) is 0 Å². The fraction of sp³-hybridized carbons (Fsp3) is 0.421. The molecule has 0 spiro atoms. The number of nitrogens with zero attached hydrogens (tertiary/aromatic N) is 2. The van der Waals surface area contributed by atoms with Gasteiger partial charge in [-0.1, -0.05) is 0 Å². The third-order valence-electron chi connectivity index (χ3n) is 5.54. The number of carbonyl (C=O) groups excluding carboxylic acids is 1. The molecule has 0 bridgehead atoms. The Morgan fingerprint density at radius 1 is 1.19 bits per heavy atom. The van der Waals surface area contributed by atoms with Crippen LogP contribution in [0, 0.1) is 17.8 Å². The molecule has 5 rings (SSSR count). The fourth-order valence-electron chi connectivity index (χ4n) is 3.95. The van der Waals surface area contributed by atoms with E-state index in [1.165, 1.54) is 11.3 Å². The molecule has 7 nitrogen and oxygen atoms in total. The Morgan fingerprint density at radius 2 is 2.00 bits per heavy atom. The van der Waals surface area contributed by atoms with Crippen molar-refractivity contribution in [3.05, 3.63) is 29.3 Å². The van der Waals surface area contributed by atoms with Crippen molar-refractivity contribution in [2.24, 2.45) is 17.8 Å². The third-order valence-corrected chi connectivity index (χ3v) is 6.43. The number of aromatic nitrogens is 1. The normalized spacial score (nSPS) is 23.6. The lowest BCUT2D eigenvalue weighted by Crippen LogP contribution is -2.30. The zero-order valence-electron chi connectivity index (χ0n) is 14.5. The van der Waals surface area contributed by atoms with E-state index in [0.29, 0.717) is 29.7 Å². The van der Waals surface area contributed by atoms with Gasteiger partial charge in [0.25, 0.3) is 5.91 Å². The number of ether oxygens (including phenoxy) is 2. The second-order valence-corrected chi connectivity index (χ2v) is 8.12. The fourth-order valence-corrected chi connectivity index (χ4v) is 4.75. The molecule has 0 radical (unpaired) electrons. The van der Waals surface area contributed by atoms with Gasteiger partial charge in [0.2, 0.25) is 6.79 Å². The number of carboxylic acids is 1. The molecule has 1 saturated carbocycles. The van der Waals surface area contributed by atoms with Crippen LogP contribution in [-0.4, -0.2) is 46.7 Å². The number of benzene rings is 1. The Hall–Kier alpha value is -2.61. The van der Waals surface area contributed by atoms with E-state index in [1.807, 2.05) is 18.2 Å². The average molecular weight is 386 g/mol. The maximum absolute atomic E-state index is 12.9. The van der Waals surface area contributed by atoms with Gasteiger partial charge in [0.05, 0.1) is 5.92 Å². The molecule has 140 valence electrons. The van der Waals surface area contributed by atoms with Crippen LogP contribution in [0.3, 0.4) is 0 Å². The van der Waals surface area contributed by atoms with Crippen molar-refractivity contribution >= 4 is 23.2 Å². The van der Waals surface area contributed by atoms with Crippen LogP contribution in [0.5, 0.6) is 11.5 Å². The van der Waals surface area contributed by atoms with Gasteiger partial charge in [-0.25, -0.2) is 4.98 Å². The lowest BCUT2D eigenvalue weighted by atomic mass is 9.92. The smallest absolute Gasteiger partial charge is 0.308 e. The van der Waals surface area contributed by atoms with Crippen LogP contribution in [0.2, 0.25) is 0 Å². The van der Waals surface area contributed by atoms with E-state index in [9.17, 15) is 14.7 Å². The number of rotatable bonds is 4. The number of fused-ring (bicyclic) bond motifs is 1. The van der Waals surface area contributed by atoms with Crippen molar-refractivity contribution in [3.8, 4) is 22.1 Å². The second-order valence-electron chi connectivity index (χ2n) is 7.26. The lowest BCUT2D eigenvalue weighted by Gasteiger charge is -2.14. The molecule has 1 saturated heterocycles. The van der Waals surface area contributed by atoms with Crippen molar-refractivity contribution in [2.75, 3.05) is 19.9 Å². The minimum absolute atomic E-state index is 0.0680. The number of carboxylic acid groups (broad SMARTS) is 1. The molecule has 3 heterocycles. The highest BCUT2D eigenvalue weighted by Crippen LogP contribution is 2.44. The molecule has 1 aromatic carbocycles. The predicted molar refractivity (Wildman–Crippen MR) is 96.9 cm³/mol. The van der Waals surface area contributed by atoms with E-state index in [2.05, 4.69) is 4.98 Å². The summed E-state index contributed by atoms with van der Waals surface area (Å²) in [5.74, 6) is 0.436. The summed E-state index contributed by atoms with van der Waals surface area (Å²) >= 11 is 1.39. The largest absolute Gasteiger partial charge is 0.481 e. The maximum atomic E-state index is 12.9. The number of hydrogen-bond acceptors (Lipinski definition) is 6. The minimum Gasteiger partial charge on any atom is -0.481 e. The molecule has 3 aliphatic rings. The first-order valence-electron chi connectivity index (χ1n) is 8.98. The second kappa shape index (κ2) is 6.23. The number of likely N-dealkylation sites (tertiary alicyclic amines) is 1. The van der Waals surface area contributed by atoms with E-state index in [1.54, 1.807) is 10.3 Å². The van der Waals surface area contributed by atoms with Gasteiger partial charge in [-0.3, -0.25) is 9.59 Å². The zero-order chi connectivity index (χ0) is 18.5. The van der Waals surface area contributed by atoms with Gasteiger partial charge in [0.15, 0.2) is 11.5 Å². The molecule has 1 aromatic heterocycles. The number of carbonyl (C=O) groups is 2. The Bertz CT molecular complexity index is 923. The van der Waals surface area contributed by atoms with E-state index in [4.69, 9.17) is 9.47 Å². The van der Waals surface area contributed by atoms with E-state index in [0.717, 1.165) is 23.4 Å². The van der Waals surface area contributed by atoms with Gasteiger partial charge < -0.3 is 19.5 Å². The standard InChI is InChI=1S/C19H18N2O5S/c22-18(21-6-12(10-1-2-10)13(7-21)19(23)24)14-8-27-17(20-14)11-3-4-15-16(5-11)26-9-25-15/h3-5,8,10,12-13H,1-2,6-7,9H2,(H,23,24)/t12-,13+/m1/s1. The maximum Gasteiger partial charge on any atom is 0.308 e. The van der Waals surface area contributed by atoms with Crippen LogP contribution in [0.1, 0.15) is 23.3 Å². The topological polar surface area (TPSA) is 89.0 Å². The molecule has 2 fully saturated rings. The van der Waals surface area contributed by atoms with Gasteiger partial charge in [0.1, 0.15) is 10.7 Å². The van der Waals surface area contributed by atoms with E-state index < -0.39 is 11.9 Å². The first-order chi connectivity index (χ1) is 13.1. The highest BCUT2D eigenvalue weighted by atomic mass is 32.1. The summed E-state index contributed by atoms with van der Waals surface area (Å²) in [5, 5.41) is 12.0. The van der Waals surface area contributed by atoms with E-state index in [-0.39, 0.29) is 25.2 Å². The molecule has 1 aliphatic carbocycles. The van der Waals surface area contributed by atoms with Gasteiger partial charge in [-0.05, 0) is 42.9 Å². The number of hydrogen-bond donors (Lipinski definition) is 1. The van der Waals surface area contributed by atoms with Crippen LogP contribution in [0.4, 0.5) is 0 Å². The Kier molecular flexibility index (Phi) is 3.82. The lowest BCUT2D eigenvalue weighted by molar-refractivity contribution is -0.142.